The summed E-state index contributed by atoms with van der Waals surface area (Å²) in [4.78, 5) is 2.25. The second-order valence-electron chi connectivity index (χ2n) is 4.23. The molecule has 1 aliphatic rings. The van der Waals surface area contributed by atoms with E-state index in [0.717, 1.165) is 30.8 Å². The second-order valence-corrected chi connectivity index (χ2v) is 4.23. The molecule has 0 aliphatic carbocycles. The zero-order chi connectivity index (χ0) is 12.1. The van der Waals surface area contributed by atoms with Gasteiger partial charge in [-0.1, -0.05) is 24.0 Å². The third-order valence-electron chi connectivity index (χ3n) is 2.84. The summed E-state index contributed by atoms with van der Waals surface area (Å²) < 4.78 is 0. The van der Waals surface area contributed by atoms with Crippen molar-refractivity contribution in [2.75, 3.05) is 32.7 Å². The Morgan fingerprint density at radius 1 is 1.12 bits per heavy atom. The molecule has 0 bridgehead atoms. The Morgan fingerprint density at radius 2 is 1.76 bits per heavy atom. The van der Waals surface area contributed by atoms with Crippen molar-refractivity contribution in [3.05, 3.63) is 42.3 Å². The molecule has 0 saturated carbocycles. The highest BCUT2D eigenvalue weighted by Crippen LogP contribution is 2.01. The Hall–Kier alpha value is -1.34. The van der Waals surface area contributed by atoms with Crippen LogP contribution in [0.15, 0.2) is 24.3 Å². The van der Waals surface area contributed by atoms with Crippen molar-refractivity contribution in [2.45, 2.75) is 0 Å². The van der Waals surface area contributed by atoms with Crippen molar-refractivity contribution >= 4 is 0 Å². The van der Waals surface area contributed by atoms with Crippen molar-refractivity contribution in [1.82, 2.24) is 9.96 Å². The Kier molecular flexibility index (Phi) is 4.16. The SMILES string of the molecule is [CH2]c1ccc(C#CCN2CCN(O)CC2)cc1. The van der Waals surface area contributed by atoms with Gasteiger partial charge in [0.1, 0.15) is 0 Å². The highest BCUT2D eigenvalue weighted by molar-refractivity contribution is 5.36. The summed E-state index contributed by atoms with van der Waals surface area (Å²) in [5, 5.41) is 10.6. The normalized spacial score (nSPS) is 17.5. The highest BCUT2D eigenvalue weighted by Gasteiger charge is 2.13. The zero-order valence-electron chi connectivity index (χ0n) is 9.89. The summed E-state index contributed by atoms with van der Waals surface area (Å²) in [5.41, 5.74) is 2.04. The maximum atomic E-state index is 9.22. The lowest BCUT2D eigenvalue weighted by Crippen LogP contribution is -2.44. The molecule has 0 amide bonds. The molecule has 1 aromatic rings. The van der Waals surface area contributed by atoms with Gasteiger partial charge in [-0.2, -0.15) is 5.06 Å². The van der Waals surface area contributed by atoms with E-state index < -0.39 is 0 Å². The molecule has 1 N–H and O–H groups in total. The average molecular weight is 229 g/mol. The van der Waals surface area contributed by atoms with Crippen LogP contribution in [0.2, 0.25) is 0 Å². The average Bonchev–Trinajstić information content (AvgIpc) is 2.34. The van der Waals surface area contributed by atoms with Crippen LogP contribution >= 0.6 is 0 Å². The second kappa shape index (κ2) is 5.83. The summed E-state index contributed by atoms with van der Waals surface area (Å²) in [5.74, 6) is 6.30. The number of hydrogen-bond acceptors (Lipinski definition) is 3. The minimum absolute atomic E-state index is 0.706. The molecule has 1 aromatic carbocycles. The lowest BCUT2D eigenvalue weighted by atomic mass is 10.1. The van der Waals surface area contributed by atoms with Crippen molar-refractivity contribution < 1.29 is 5.21 Å². The fraction of sp³-hybridized carbons (Fsp3) is 0.357. The third-order valence-corrected chi connectivity index (χ3v) is 2.84. The van der Waals surface area contributed by atoms with Gasteiger partial charge in [0.25, 0.3) is 0 Å². The predicted octanol–water partition coefficient (Wildman–Crippen LogP) is 1.23. The number of benzene rings is 1. The Balaban J connectivity index is 1.84. The summed E-state index contributed by atoms with van der Waals surface area (Å²) in [6.07, 6.45) is 0. The van der Waals surface area contributed by atoms with Gasteiger partial charge in [0, 0.05) is 31.7 Å². The van der Waals surface area contributed by atoms with Gasteiger partial charge in [0.2, 0.25) is 0 Å². The van der Waals surface area contributed by atoms with Crippen LogP contribution in [-0.2, 0) is 0 Å². The van der Waals surface area contributed by atoms with Crippen LogP contribution in [0, 0.1) is 18.8 Å². The van der Waals surface area contributed by atoms with Crippen LogP contribution in [0.25, 0.3) is 0 Å². The van der Waals surface area contributed by atoms with E-state index in [1.165, 1.54) is 5.06 Å². The Morgan fingerprint density at radius 3 is 2.41 bits per heavy atom. The van der Waals surface area contributed by atoms with E-state index in [4.69, 9.17) is 0 Å². The smallest absolute Gasteiger partial charge is 0.0606 e. The van der Waals surface area contributed by atoms with Crippen LogP contribution in [0.5, 0.6) is 0 Å². The first-order valence-corrected chi connectivity index (χ1v) is 5.81. The fourth-order valence-electron chi connectivity index (χ4n) is 1.74. The van der Waals surface area contributed by atoms with E-state index in [1.54, 1.807) is 0 Å². The van der Waals surface area contributed by atoms with E-state index >= 15 is 0 Å². The highest BCUT2D eigenvalue weighted by atomic mass is 16.5. The Bertz CT molecular complexity index is 408. The molecule has 1 aliphatic heterocycles. The van der Waals surface area contributed by atoms with Crippen molar-refractivity contribution in [1.29, 1.82) is 0 Å². The zero-order valence-corrected chi connectivity index (χ0v) is 9.89. The lowest BCUT2D eigenvalue weighted by Gasteiger charge is -2.29. The molecule has 0 spiro atoms. The van der Waals surface area contributed by atoms with Crippen molar-refractivity contribution in [3.63, 3.8) is 0 Å². The van der Waals surface area contributed by atoms with Crippen molar-refractivity contribution in [3.8, 4) is 11.8 Å². The molecular formula is C14H17N2O. The van der Waals surface area contributed by atoms with Crippen LogP contribution in [0.1, 0.15) is 11.1 Å². The molecule has 89 valence electrons. The number of nitrogens with zero attached hydrogens (tertiary/aromatic N) is 2. The van der Waals surface area contributed by atoms with Gasteiger partial charge in [-0.3, -0.25) is 4.90 Å². The standard InChI is InChI=1S/C14H17N2O/c1-13-4-6-14(7-5-13)3-2-8-15-9-11-16(17)12-10-15/h4-7,17H,1,8-12H2. The Labute approximate surface area is 103 Å². The first kappa shape index (κ1) is 12.1. The molecule has 2 rings (SSSR count). The van der Waals surface area contributed by atoms with Crippen LogP contribution in [0.3, 0.4) is 0 Å². The largest absolute Gasteiger partial charge is 0.314 e. The predicted molar refractivity (Wildman–Crippen MR) is 67.6 cm³/mol. The summed E-state index contributed by atoms with van der Waals surface area (Å²) in [6, 6.07) is 7.91. The molecule has 1 fully saturated rings. The van der Waals surface area contributed by atoms with E-state index in [9.17, 15) is 5.21 Å². The molecule has 1 saturated heterocycles. The molecular weight excluding hydrogens is 212 g/mol. The monoisotopic (exact) mass is 229 g/mol. The van der Waals surface area contributed by atoms with Gasteiger partial charge >= 0.3 is 0 Å². The van der Waals surface area contributed by atoms with E-state index in [0.29, 0.717) is 13.1 Å². The maximum absolute atomic E-state index is 9.22. The first-order valence-electron chi connectivity index (χ1n) is 5.81. The lowest BCUT2D eigenvalue weighted by molar-refractivity contribution is -0.115. The van der Waals surface area contributed by atoms with E-state index in [1.807, 2.05) is 24.3 Å². The molecule has 0 atom stereocenters. The van der Waals surface area contributed by atoms with Gasteiger partial charge in [-0.05, 0) is 24.6 Å². The van der Waals surface area contributed by atoms with E-state index in [2.05, 4.69) is 23.7 Å². The van der Waals surface area contributed by atoms with Gasteiger partial charge in [-0.15, -0.1) is 0 Å². The summed E-state index contributed by atoms with van der Waals surface area (Å²) >= 11 is 0. The first-order chi connectivity index (χ1) is 8.24. The number of piperazine rings is 1. The number of rotatable bonds is 1. The summed E-state index contributed by atoms with van der Waals surface area (Å²) in [6.45, 7) is 7.77. The number of hydroxylamine groups is 2. The molecule has 0 aromatic heterocycles. The third kappa shape index (κ3) is 3.86. The summed E-state index contributed by atoms with van der Waals surface area (Å²) in [7, 11) is 0. The topological polar surface area (TPSA) is 26.7 Å². The van der Waals surface area contributed by atoms with E-state index in [-0.39, 0.29) is 0 Å². The van der Waals surface area contributed by atoms with Gasteiger partial charge in [0.05, 0.1) is 6.54 Å². The van der Waals surface area contributed by atoms with Crippen LogP contribution < -0.4 is 0 Å². The molecule has 1 heterocycles. The maximum Gasteiger partial charge on any atom is 0.0606 e. The minimum atomic E-state index is 0.706. The van der Waals surface area contributed by atoms with Gasteiger partial charge < -0.3 is 5.21 Å². The minimum Gasteiger partial charge on any atom is -0.314 e. The van der Waals surface area contributed by atoms with Crippen molar-refractivity contribution in [2.24, 2.45) is 0 Å². The van der Waals surface area contributed by atoms with Gasteiger partial charge in [-0.25, -0.2) is 0 Å². The van der Waals surface area contributed by atoms with Gasteiger partial charge in [0.15, 0.2) is 0 Å². The fourth-order valence-corrected chi connectivity index (χ4v) is 1.74. The molecule has 3 heteroatoms. The van der Waals surface area contributed by atoms with Crippen LogP contribution in [-0.4, -0.2) is 47.9 Å². The van der Waals surface area contributed by atoms with Crippen LogP contribution in [0.4, 0.5) is 0 Å². The molecule has 17 heavy (non-hydrogen) atoms. The molecule has 1 radical (unpaired) electrons. The number of hydrogen-bond donors (Lipinski definition) is 1. The molecule has 0 unspecified atom stereocenters. The molecule has 3 nitrogen and oxygen atoms in total. The quantitative estimate of drug-likeness (QED) is 0.734.